The molecule has 1 N–H and O–H groups in total. The zero-order valence-electron chi connectivity index (χ0n) is 11.4. The molecule has 100 valence electrons. The highest BCUT2D eigenvalue weighted by atomic mass is 16.7. The molecular weight excluding hydrogens is 230 g/mol. The third kappa shape index (κ3) is 3.07. The van der Waals surface area contributed by atoms with Crippen LogP contribution in [0.1, 0.15) is 27.2 Å². The first-order chi connectivity index (χ1) is 8.50. The first kappa shape index (κ1) is 13.0. The number of methoxy groups -OCH3 is 1. The lowest BCUT2D eigenvalue weighted by molar-refractivity contribution is 0.0128. The van der Waals surface area contributed by atoms with E-state index in [2.05, 4.69) is 26.1 Å². The normalized spacial score (nSPS) is 15.6. The molecule has 0 spiro atoms. The van der Waals surface area contributed by atoms with Gasteiger partial charge in [0.25, 0.3) is 0 Å². The molecule has 0 radical (unpaired) electrons. The molecule has 2 rings (SSSR count). The van der Waals surface area contributed by atoms with E-state index in [1.807, 2.05) is 18.2 Å². The Bertz CT molecular complexity index is 418. The molecule has 1 unspecified atom stereocenters. The lowest BCUT2D eigenvalue weighted by Gasteiger charge is -2.27. The van der Waals surface area contributed by atoms with E-state index >= 15 is 0 Å². The van der Waals surface area contributed by atoms with Crippen LogP contribution in [-0.4, -0.2) is 25.5 Å². The second-order valence-corrected chi connectivity index (χ2v) is 5.28. The fourth-order valence-electron chi connectivity index (χ4n) is 2.14. The highest BCUT2D eigenvalue weighted by Crippen LogP contribution is 2.34. The van der Waals surface area contributed by atoms with E-state index in [1.54, 1.807) is 7.11 Å². The minimum atomic E-state index is -0.122. The number of rotatable bonds is 5. The summed E-state index contributed by atoms with van der Waals surface area (Å²) in [5.74, 6) is 1.61. The van der Waals surface area contributed by atoms with Crippen molar-refractivity contribution in [2.75, 3.05) is 19.2 Å². The molecule has 0 fully saturated rings. The summed E-state index contributed by atoms with van der Waals surface area (Å²) in [6.07, 6.45) is 0.929. The average Bonchev–Trinajstić information content (AvgIpc) is 2.75. The van der Waals surface area contributed by atoms with Gasteiger partial charge in [-0.05, 0) is 39.3 Å². The highest BCUT2D eigenvalue weighted by Gasteiger charge is 2.20. The van der Waals surface area contributed by atoms with Crippen molar-refractivity contribution < 1.29 is 14.2 Å². The lowest BCUT2D eigenvalue weighted by atomic mass is 9.99. The Balaban J connectivity index is 1.97. The first-order valence-electron chi connectivity index (χ1n) is 6.21. The van der Waals surface area contributed by atoms with Gasteiger partial charge in [-0.2, -0.15) is 0 Å². The molecule has 1 aliphatic heterocycles. The fourth-order valence-corrected chi connectivity index (χ4v) is 2.14. The largest absolute Gasteiger partial charge is 0.454 e. The van der Waals surface area contributed by atoms with Gasteiger partial charge in [0.1, 0.15) is 0 Å². The maximum Gasteiger partial charge on any atom is 0.231 e. The van der Waals surface area contributed by atoms with E-state index in [-0.39, 0.29) is 5.60 Å². The van der Waals surface area contributed by atoms with Gasteiger partial charge in [-0.3, -0.25) is 0 Å². The quantitative estimate of drug-likeness (QED) is 0.873. The van der Waals surface area contributed by atoms with Gasteiger partial charge in [0.2, 0.25) is 6.79 Å². The molecule has 0 saturated heterocycles. The maximum atomic E-state index is 5.44. The van der Waals surface area contributed by atoms with Gasteiger partial charge in [-0.1, -0.05) is 0 Å². The van der Waals surface area contributed by atoms with Crippen LogP contribution in [0.2, 0.25) is 0 Å². The Hall–Kier alpha value is -1.42. The van der Waals surface area contributed by atoms with Gasteiger partial charge in [0, 0.05) is 24.9 Å². The summed E-state index contributed by atoms with van der Waals surface area (Å²) in [6.45, 7) is 6.63. The third-order valence-electron chi connectivity index (χ3n) is 3.14. The van der Waals surface area contributed by atoms with Crippen LogP contribution in [0.3, 0.4) is 0 Å². The van der Waals surface area contributed by atoms with Crippen molar-refractivity contribution in [3.05, 3.63) is 18.2 Å². The molecule has 1 aliphatic rings. The first-order valence-corrected chi connectivity index (χ1v) is 6.21. The number of nitrogens with one attached hydrogen (secondary N) is 1. The second-order valence-electron chi connectivity index (χ2n) is 5.28. The van der Waals surface area contributed by atoms with Crippen LogP contribution in [0.25, 0.3) is 0 Å². The molecule has 0 aliphatic carbocycles. The summed E-state index contributed by atoms with van der Waals surface area (Å²) in [5, 5.41) is 3.45. The van der Waals surface area contributed by atoms with Crippen LogP contribution in [0, 0.1) is 0 Å². The molecule has 0 amide bonds. The van der Waals surface area contributed by atoms with E-state index < -0.39 is 0 Å². The van der Waals surface area contributed by atoms with Crippen molar-refractivity contribution in [3.63, 3.8) is 0 Å². The molecule has 4 nitrogen and oxygen atoms in total. The smallest absolute Gasteiger partial charge is 0.231 e. The Morgan fingerprint density at radius 2 is 2.06 bits per heavy atom. The maximum absolute atomic E-state index is 5.44. The van der Waals surface area contributed by atoms with Crippen LogP contribution in [0.4, 0.5) is 5.69 Å². The van der Waals surface area contributed by atoms with Crippen LogP contribution in [-0.2, 0) is 4.74 Å². The molecule has 0 bridgehead atoms. The molecule has 1 heterocycles. The topological polar surface area (TPSA) is 39.7 Å². The number of hydrogen-bond acceptors (Lipinski definition) is 4. The van der Waals surface area contributed by atoms with Crippen LogP contribution in [0.15, 0.2) is 18.2 Å². The molecule has 1 aromatic carbocycles. The molecular formula is C14H21NO3. The van der Waals surface area contributed by atoms with E-state index in [9.17, 15) is 0 Å². The number of ether oxygens (including phenoxy) is 3. The van der Waals surface area contributed by atoms with E-state index in [4.69, 9.17) is 14.2 Å². The Kier molecular flexibility index (Phi) is 3.66. The molecule has 0 saturated carbocycles. The molecule has 4 heteroatoms. The summed E-state index contributed by atoms with van der Waals surface area (Å²) in [7, 11) is 1.74. The third-order valence-corrected chi connectivity index (χ3v) is 3.14. The van der Waals surface area contributed by atoms with Crippen LogP contribution >= 0.6 is 0 Å². The minimum absolute atomic E-state index is 0.122. The van der Waals surface area contributed by atoms with Crippen molar-refractivity contribution in [2.45, 2.75) is 38.8 Å². The summed E-state index contributed by atoms with van der Waals surface area (Å²) in [4.78, 5) is 0. The monoisotopic (exact) mass is 251 g/mol. The van der Waals surface area contributed by atoms with Gasteiger partial charge < -0.3 is 19.5 Å². The summed E-state index contributed by atoms with van der Waals surface area (Å²) < 4.78 is 16.1. The Morgan fingerprint density at radius 1 is 1.33 bits per heavy atom. The van der Waals surface area contributed by atoms with Crippen LogP contribution < -0.4 is 14.8 Å². The van der Waals surface area contributed by atoms with Crippen molar-refractivity contribution >= 4 is 5.69 Å². The predicted molar refractivity (Wildman–Crippen MR) is 71.4 cm³/mol. The van der Waals surface area contributed by atoms with Crippen molar-refractivity contribution in [2.24, 2.45) is 0 Å². The van der Waals surface area contributed by atoms with Crippen LogP contribution in [0.5, 0.6) is 11.5 Å². The van der Waals surface area contributed by atoms with Gasteiger partial charge in [0.15, 0.2) is 11.5 Å². The van der Waals surface area contributed by atoms with Gasteiger partial charge in [-0.15, -0.1) is 0 Å². The van der Waals surface area contributed by atoms with Gasteiger partial charge in [0.05, 0.1) is 5.60 Å². The van der Waals surface area contributed by atoms with E-state index in [0.29, 0.717) is 12.8 Å². The van der Waals surface area contributed by atoms with Crippen molar-refractivity contribution in [1.82, 2.24) is 0 Å². The summed E-state index contributed by atoms with van der Waals surface area (Å²) >= 11 is 0. The Labute approximate surface area is 108 Å². The standard InChI is InChI=1S/C14H21NO3/c1-10(8-14(2,3)16-4)15-11-5-6-12-13(7-11)18-9-17-12/h5-7,10,15H,8-9H2,1-4H3. The zero-order valence-corrected chi connectivity index (χ0v) is 11.4. The average molecular weight is 251 g/mol. The molecule has 1 atom stereocenters. The van der Waals surface area contributed by atoms with Gasteiger partial charge >= 0.3 is 0 Å². The number of benzene rings is 1. The molecule has 1 aromatic rings. The second kappa shape index (κ2) is 5.06. The lowest BCUT2D eigenvalue weighted by Crippen LogP contribution is -2.31. The SMILES string of the molecule is COC(C)(C)CC(C)Nc1ccc2c(c1)OCO2. The fraction of sp³-hybridized carbons (Fsp3) is 0.571. The van der Waals surface area contributed by atoms with E-state index in [1.165, 1.54) is 0 Å². The molecule has 18 heavy (non-hydrogen) atoms. The number of fused-ring (bicyclic) bond motifs is 1. The number of hydrogen-bond donors (Lipinski definition) is 1. The van der Waals surface area contributed by atoms with Crippen molar-refractivity contribution in [1.29, 1.82) is 0 Å². The highest BCUT2D eigenvalue weighted by molar-refractivity contribution is 5.55. The summed E-state index contributed by atoms with van der Waals surface area (Å²) in [5.41, 5.74) is 0.918. The summed E-state index contributed by atoms with van der Waals surface area (Å²) in [6, 6.07) is 6.22. The minimum Gasteiger partial charge on any atom is -0.454 e. The predicted octanol–water partition coefficient (Wildman–Crippen LogP) is 3.03. The Morgan fingerprint density at radius 3 is 2.78 bits per heavy atom. The van der Waals surface area contributed by atoms with E-state index in [0.717, 1.165) is 23.6 Å². The number of anilines is 1. The van der Waals surface area contributed by atoms with Gasteiger partial charge in [-0.25, -0.2) is 0 Å². The molecule has 0 aromatic heterocycles. The van der Waals surface area contributed by atoms with Crippen molar-refractivity contribution in [3.8, 4) is 11.5 Å². The zero-order chi connectivity index (χ0) is 13.2.